The van der Waals surface area contributed by atoms with Crippen molar-refractivity contribution in [3.8, 4) is 0 Å². The monoisotopic (exact) mass is 236 g/mol. The molecule has 0 aromatic carbocycles. The fourth-order valence-electron chi connectivity index (χ4n) is 1.61. The van der Waals surface area contributed by atoms with E-state index in [1.165, 1.54) is 0 Å². The molecule has 0 radical (unpaired) electrons. The van der Waals surface area contributed by atoms with Crippen LogP contribution in [0.1, 0.15) is 6.92 Å². The Morgan fingerprint density at radius 2 is 2.20 bits per heavy atom. The van der Waals surface area contributed by atoms with E-state index in [0.29, 0.717) is 32.8 Å². The Hall–Kier alpha value is -0.170. The molecule has 1 atom stereocenters. The van der Waals surface area contributed by atoms with Crippen LogP contribution in [0.3, 0.4) is 0 Å². The lowest BCUT2D eigenvalue weighted by Gasteiger charge is -2.30. The Labute approximate surface area is 91.5 Å². The van der Waals surface area contributed by atoms with Crippen molar-refractivity contribution in [3.05, 3.63) is 0 Å². The van der Waals surface area contributed by atoms with Gasteiger partial charge in [0.15, 0.2) is 9.84 Å². The van der Waals surface area contributed by atoms with Gasteiger partial charge in [-0.1, -0.05) is 0 Å². The number of sulfone groups is 1. The zero-order valence-corrected chi connectivity index (χ0v) is 10.0. The molecule has 0 bridgehead atoms. The average molecular weight is 236 g/mol. The molecule has 0 aromatic rings. The van der Waals surface area contributed by atoms with E-state index < -0.39 is 9.84 Å². The minimum atomic E-state index is -2.83. The van der Waals surface area contributed by atoms with Crippen molar-refractivity contribution >= 4 is 9.84 Å². The van der Waals surface area contributed by atoms with E-state index in [2.05, 4.69) is 4.90 Å². The van der Waals surface area contributed by atoms with Crippen LogP contribution in [-0.4, -0.2) is 63.7 Å². The number of nitrogens with zero attached hydrogens (tertiary/aromatic N) is 1. The first-order valence-electron chi connectivity index (χ1n) is 5.28. The summed E-state index contributed by atoms with van der Waals surface area (Å²) in [6.07, 6.45) is 0. The highest BCUT2D eigenvalue weighted by Crippen LogP contribution is 2.11. The van der Waals surface area contributed by atoms with Crippen molar-refractivity contribution in [2.24, 2.45) is 5.73 Å². The lowest BCUT2D eigenvalue weighted by Crippen LogP contribution is -2.46. The Kier molecular flexibility index (Phi) is 4.98. The largest absolute Gasteiger partial charge is 0.379 e. The third-order valence-corrected chi connectivity index (χ3v) is 4.76. The quantitative estimate of drug-likeness (QED) is 0.625. The summed E-state index contributed by atoms with van der Waals surface area (Å²) in [5, 5.41) is -0.249. The predicted octanol–water partition coefficient (Wildman–Crippen LogP) is -0.919. The Bertz CT molecular complexity index is 279. The zero-order chi connectivity index (χ0) is 11.3. The van der Waals surface area contributed by atoms with Crippen molar-refractivity contribution in [3.63, 3.8) is 0 Å². The van der Waals surface area contributed by atoms with Gasteiger partial charge in [-0.15, -0.1) is 0 Å². The first-order chi connectivity index (χ1) is 7.06. The molecule has 1 aliphatic heterocycles. The van der Waals surface area contributed by atoms with Gasteiger partial charge in [-0.2, -0.15) is 0 Å². The topological polar surface area (TPSA) is 72.6 Å². The van der Waals surface area contributed by atoms with Crippen LogP contribution < -0.4 is 5.73 Å². The highest BCUT2D eigenvalue weighted by Gasteiger charge is 2.28. The van der Waals surface area contributed by atoms with E-state index >= 15 is 0 Å². The summed E-state index contributed by atoms with van der Waals surface area (Å²) in [6, 6.07) is 0. The molecule has 90 valence electrons. The lowest BCUT2D eigenvalue weighted by molar-refractivity contribution is 0.110. The minimum absolute atomic E-state index is 0.249. The third-order valence-electron chi connectivity index (χ3n) is 2.63. The van der Waals surface area contributed by atoms with Crippen molar-refractivity contribution in [1.29, 1.82) is 0 Å². The van der Waals surface area contributed by atoms with Crippen molar-refractivity contribution in [2.45, 2.75) is 12.2 Å². The molecule has 0 aromatic heterocycles. The molecule has 0 saturated carbocycles. The van der Waals surface area contributed by atoms with Gasteiger partial charge in [0.1, 0.15) is 0 Å². The lowest BCUT2D eigenvalue weighted by atomic mass is 10.4. The normalized spacial score (nSPS) is 26.7. The number of ether oxygens (including phenoxy) is 1. The first kappa shape index (κ1) is 12.9. The minimum Gasteiger partial charge on any atom is -0.379 e. The fraction of sp³-hybridized carbons (Fsp3) is 1.00. The predicted molar refractivity (Wildman–Crippen MR) is 59.6 cm³/mol. The van der Waals surface area contributed by atoms with Gasteiger partial charge in [0.2, 0.25) is 0 Å². The van der Waals surface area contributed by atoms with Crippen LogP contribution in [0.5, 0.6) is 0 Å². The molecule has 15 heavy (non-hydrogen) atoms. The number of hydrogen-bond donors (Lipinski definition) is 1. The molecule has 0 amide bonds. The Balaban J connectivity index is 2.23. The van der Waals surface area contributed by atoms with Crippen LogP contribution in [0.2, 0.25) is 0 Å². The summed E-state index contributed by atoms with van der Waals surface area (Å²) < 4.78 is 28.1. The van der Waals surface area contributed by atoms with Gasteiger partial charge < -0.3 is 10.5 Å². The molecule has 5 nitrogen and oxygen atoms in total. The van der Waals surface area contributed by atoms with Gasteiger partial charge in [-0.3, -0.25) is 4.90 Å². The zero-order valence-electron chi connectivity index (χ0n) is 9.18. The van der Waals surface area contributed by atoms with Gasteiger partial charge in [0, 0.05) is 26.2 Å². The van der Waals surface area contributed by atoms with Gasteiger partial charge in [0.05, 0.1) is 24.2 Å². The van der Waals surface area contributed by atoms with Crippen LogP contribution in [0.4, 0.5) is 0 Å². The molecule has 1 saturated heterocycles. The summed E-state index contributed by atoms with van der Waals surface area (Å²) in [4.78, 5) is 2.13. The standard InChI is InChI=1S/C9H20N2O3S/c1-9-8-11(3-6-14-5-2-10)4-7-15(9,12)13/h9H,2-8,10H2,1H3. The van der Waals surface area contributed by atoms with Crippen LogP contribution in [-0.2, 0) is 14.6 Å². The number of hydrogen-bond acceptors (Lipinski definition) is 5. The molecule has 1 heterocycles. The van der Waals surface area contributed by atoms with Crippen molar-refractivity contribution in [2.75, 3.05) is 45.1 Å². The van der Waals surface area contributed by atoms with Crippen LogP contribution in [0, 0.1) is 0 Å². The Morgan fingerprint density at radius 3 is 2.80 bits per heavy atom. The Morgan fingerprint density at radius 1 is 1.47 bits per heavy atom. The van der Waals surface area contributed by atoms with E-state index in [-0.39, 0.29) is 11.0 Å². The first-order valence-corrected chi connectivity index (χ1v) is 6.99. The van der Waals surface area contributed by atoms with Crippen molar-refractivity contribution in [1.82, 2.24) is 4.90 Å². The van der Waals surface area contributed by atoms with E-state index in [0.717, 1.165) is 6.54 Å². The molecule has 2 N–H and O–H groups in total. The summed E-state index contributed by atoms with van der Waals surface area (Å²) in [6.45, 7) is 5.53. The maximum Gasteiger partial charge on any atom is 0.155 e. The van der Waals surface area contributed by atoms with E-state index in [1.54, 1.807) is 6.92 Å². The molecule has 1 fully saturated rings. The fourth-order valence-corrected chi connectivity index (χ4v) is 2.96. The summed E-state index contributed by atoms with van der Waals surface area (Å²) >= 11 is 0. The van der Waals surface area contributed by atoms with Gasteiger partial charge in [0.25, 0.3) is 0 Å². The SMILES string of the molecule is CC1CN(CCOCCN)CCS1(=O)=O. The summed E-state index contributed by atoms with van der Waals surface area (Å²) in [7, 11) is -2.83. The van der Waals surface area contributed by atoms with Crippen LogP contribution in [0.15, 0.2) is 0 Å². The third kappa shape index (κ3) is 4.06. The van der Waals surface area contributed by atoms with Crippen molar-refractivity contribution < 1.29 is 13.2 Å². The second-order valence-corrected chi connectivity index (χ2v) is 6.42. The van der Waals surface area contributed by atoms with Crippen LogP contribution >= 0.6 is 0 Å². The van der Waals surface area contributed by atoms with Crippen LogP contribution in [0.25, 0.3) is 0 Å². The molecule has 6 heteroatoms. The highest BCUT2D eigenvalue weighted by atomic mass is 32.2. The second kappa shape index (κ2) is 5.79. The molecule has 1 rings (SSSR count). The molecule has 1 aliphatic rings. The molecule has 0 aliphatic carbocycles. The van der Waals surface area contributed by atoms with Gasteiger partial charge in [-0.05, 0) is 6.92 Å². The maximum absolute atomic E-state index is 11.4. The molecular weight excluding hydrogens is 216 g/mol. The maximum atomic E-state index is 11.4. The molecule has 0 spiro atoms. The number of nitrogens with two attached hydrogens (primary N) is 1. The molecule has 1 unspecified atom stereocenters. The van der Waals surface area contributed by atoms with E-state index in [9.17, 15) is 8.42 Å². The van der Waals surface area contributed by atoms with Gasteiger partial charge >= 0.3 is 0 Å². The summed E-state index contributed by atoms with van der Waals surface area (Å²) in [5.74, 6) is 0.269. The summed E-state index contributed by atoms with van der Waals surface area (Å²) in [5.41, 5.74) is 5.29. The van der Waals surface area contributed by atoms with E-state index in [4.69, 9.17) is 10.5 Å². The molecular formula is C9H20N2O3S. The smallest absolute Gasteiger partial charge is 0.155 e. The van der Waals surface area contributed by atoms with Gasteiger partial charge in [-0.25, -0.2) is 8.42 Å². The second-order valence-electron chi connectivity index (χ2n) is 3.88. The van der Waals surface area contributed by atoms with E-state index in [1.807, 2.05) is 0 Å². The number of rotatable bonds is 5. The average Bonchev–Trinajstić information content (AvgIpc) is 2.18. The highest BCUT2D eigenvalue weighted by molar-refractivity contribution is 7.92.